The second kappa shape index (κ2) is 7.06. The average molecular weight is 407 g/mol. The van der Waals surface area contributed by atoms with Crippen LogP contribution < -0.4 is 4.74 Å². The van der Waals surface area contributed by atoms with E-state index in [9.17, 15) is 4.39 Å². The van der Waals surface area contributed by atoms with Crippen molar-refractivity contribution < 1.29 is 9.13 Å². The summed E-state index contributed by atoms with van der Waals surface area (Å²) in [7, 11) is 1.58. The number of nitrogens with zero attached hydrogens (tertiary/aromatic N) is 3. The summed E-state index contributed by atoms with van der Waals surface area (Å²) < 4.78 is 21.8. The van der Waals surface area contributed by atoms with Crippen molar-refractivity contribution in [2.24, 2.45) is 5.10 Å². The maximum Gasteiger partial charge on any atom is 0.216 e. The molecule has 5 nitrogen and oxygen atoms in total. The third-order valence-electron chi connectivity index (χ3n) is 3.27. The van der Waals surface area contributed by atoms with Crippen LogP contribution in [0.4, 0.5) is 4.39 Å². The molecule has 122 valence electrons. The number of hydrogen-bond acceptors (Lipinski definition) is 4. The normalized spacial score (nSPS) is 11.1. The fourth-order valence-corrected chi connectivity index (χ4v) is 2.70. The van der Waals surface area contributed by atoms with Gasteiger partial charge < -0.3 is 4.74 Å². The third-order valence-corrected chi connectivity index (χ3v) is 4.03. The molecule has 0 spiro atoms. The van der Waals surface area contributed by atoms with Crippen molar-refractivity contribution in [1.29, 1.82) is 0 Å². The Balaban J connectivity index is 2.06. The van der Waals surface area contributed by atoms with Crippen molar-refractivity contribution in [3.63, 3.8) is 0 Å². The molecule has 0 atom stereocenters. The molecule has 8 heteroatoms. The van der Waals surface area contributed by atoms with Crippen molar-refractivity contribution >= 4 is 34.4 Å². The molecule has 0 saturated heterocycles. The number of rotatable bonds is 4. The van der Waals surface area contributed by atoms with Gasteiger partial charge in [0, 0.05) is 10.0 Å². The lowest BCUT2D eigenvalue weighted by atomic mass is 10.2. The molecule has 1 aromatic heterocycles. The maximum atomic E-state index is 14.0. The molecular weight excluding hydrogens is 395 g/mol. The van der Waals surface area contributed by atoms with Gasteiger partial charge in [0.15, 0.2) is 5.82 Å². The van der Waals surface area contributed by atoms with Crippen LogP contribution in [-0.2, 0) is 0 Å². The predicted octanol–water partition coefficient (Wildman–Crippen LogP) is 4.40. The van der Waals surface area contributed by atoms with Gasteiger partial charge >= 0.3 is 0 Å². The van der Waals surface area contributed by atoms with Crippen LogP contribution in [0, 0.1) is 10.6 Å². The van der Waals surface area contributed by atoms with Gasteiger partial charge in [0.25, 0.3) is 0 Å². The van der Waals surface area contributed by atoms with Gasteiger partial charge in [-0.3, -0.25) is 0 Å². The summed E-state index contributed by atoms with van der Waals surface area (Å²) in [4.78, 5) is 0. The van der Waals surface area contributed by atoms with E-state index in [1.54, 1.807) is 31.5 Å². The predicted molar refractivity (Wildman–Crippen MR) is 96.5 cm³/mol. The van der Waals surface area contributed by atoms with Crippen molar-refractivity contribution in [1.82, 2.24) is 14.9 Å². The van der Waals surface area contributed by atoms with E-state index in [4.69, 9.17) is 17.0 Å². The summed E-state index contributed by atoms with van der Waals surface area (Å²) in [5.41, 5.74) is 1.05. The van der Waals surface area contributed by atoms with Gasteiger partial charge in [0.1, 0.15) is 11.6 Å². The zero-order valence-electron chi connectivity index (χ0n) is 12.5. The molecule has 0 aliphatic rings. The number of nitrogens with one attached hydrogen (secondary N) is 1. The number of ether oxygens (including phenoxy) is 1. The number of aromatic amines is 1. The summed E-state index contributed by atoms with van der Waals surface area (Å²) in [6.07, 6.45) is 1.58. The van der Waals surface area contributed by atoms with E-state index in [2.05, 4.69) is 31.2 Å². The molecule has 0 amide bonds. The summed E-state index contributed by atoms with van der Waals surface area (Å²) >= 11 is 8.59. The van der Waals surface area contributed by atoms with Crippen molar-refractivity contribution in [3.8, 4) is 17.1 Å². The van der Waals surface area contributed by atoms with Crippen molar-refractivity contribution in [3.05, 3.63) is 63.1 Å². The minimum Gasteiger partial charge on any atom is -0.496 e. The molecule has 0 fully saturated rings. The monoisotopic (exact) mass is 406 g/mol. The lowest BCUT2D eigenvalue weighted by Gasteiger charge is -2.05. The molecule has 24 heavy (non-hydrogen) atoms. The Hall–Kier alpha value is -2.32. The first kappa shape index (κ1) is 16.5. The van der Waals surface area contributed by atoms with Gasteiger partial charge in [-0.1, -0.05) is 28.1 Å². The van der Waals surface area contributed by atoms with Crippen LogP contribution in [0.2, 0.25) is 0 Å². The Labute approximate surface area is 150 Å². The van der Waals surface area contributed by atoms with Crippen LogP contribution in [0.25, 0.3) is 11.4 Å². The highest BCUT2D eigenvalue weighted by Gasteiger charge is 2.12. The summed E-state index contributed by atoms with van der Waals surface area (Å²) in [5.74, 6) is 0.552. The van der Waals surface area contributed by atoms with Gasteiger partial charge in [-0.05, 0) is 42.5 Å². The van der Waals surface area contributed by atoms with Gasteiger partial charge in [0.2, 0.25) is 4.77 Å². The quantitative estimate of drug-likeness (QED) is 0.515. The Bertz CT molecular complexity index is 967. The van der Waals surface area contributed by atoms with E-state index in [1.165, 1.54) is 10.7 Å². The molecule has 1 heterocycles. The molecule has 2 aromatic carbocycles. The van der Waals surface area contributed by atoms with E-state index in [0.29, 0.717) is 17.1 Å². The Morgan fingerprint density at radius 1 is 1.33 bits per heavy atom. The highest BCUT2D eigenvalue weighted by atomic mass is 79.9. The topological polar surface area (TPSA) is 55.2 Å². The molecule has 3 rings (SSSR count). The van der Waals surface area contributed by atoms with Crippen LogP contribution in [0.3, 0.4) is 0 Å². The van der Waals surface area contributed by atoms with Crippen LogP contribution in [0.5, 0.6) is 5.75 Å². The minimum atomic E-state index is -0.400. The summed E-state index contributed by atoms with van der Waals surface area (Å²) in [6, 6.07) is 11.9. The molecule has 3 aromatic rings. The fraction of sp³-hybridized carbons (Fsp3) is 0.0625. The maximum absolute atomic E-state index is 14.0. The zero-order valence-corrected chi connectivity index (χ0v) is 14.9. The number of methoxy groups -OCH3 is 1. The second-order valence-electron chi connectivity index (χ2n) is 4.77. The Kier molecular flexibility index (Phi) is 4.86. The number of hydrogen-bond donors (Lipinski definition) is 1. The summed E-state index contributed by atoms with van der Waals surface area (Å²) in [5, 5.41) is 11.0. The standard InChI is InChI=1S/C16H12BrFN4OS/c1-23-14-7-6-11(17)8-10(14)9-19-22-15(20-21-16(22)24)12-4-2-3-5-13(12)18/h2-9H,1H3,(H,21,24)/b19-9+. The van der Waals surface area contributed by atoms with E-state index in [0.717, 1.165) is 10.0 Å². The highest BCUT2D eigenvalue weighted by Crippen LogP contribution is 2.23. The lowest BCUT2D eigenvalue weighted by molar-refractivity contribution is 0.414. The smallest absolute Gasteiger partial charge is 0.216 e. The van der Waals surface area contributed by atoms with E-state index >= 15 is 0 Å². The Morgan fingerprint density at radius 2 is 2.12 bits per heavy atom. The van der Waals surface area contributed by atoms with Crippen LogP contribution in [0.15, 0.2) is 52.0 Å². The van der Waals surface area contributed by atoms with E-state index in [-0.39, 0.29) is 4.77 Å². The van der Waals surface area contributed by atoms with E-state index in [1.807, 2.05) is 18.2 Å². The van der Waals surface area contributed by atoms with Gasteiger partial charge in [-0.25, -0.2) is 9.49 Å². The van der Waals surface area contributed by atoms with Crippen molar-refractivity contribution in [2.75, 3.05) is 7.11 Å². The second-order valence-corrected chi connectivity index (χ2v) is 6.08. The molecule has 0 aliphatic heterocycles. The summed E-state index contributed by atoms with van der Waals surface area (Å²) in [6.45, 7) is 0. The SMILES string of the molecule is COc1ccc(Br)cc1/C=N/n1c(-c2ccccc2F)n[nH]c1=S. The van der Waals surface area contributed by atoms with Crippen molar-refractivity contribution in [2.45, 2.75) is 0 Å². The highest BCUT2D eigenvalue weighted by molar-refractivity contribution is 9.10. The number of benzene rings is 2. The third kappa shape index (κ3) is 3.29. The van der Waals surface area contributed by atoms with Crippen LogP contribution >= 0.6 is 28.1 Å². The minimum absolute atomic E-state index is 0.262. The molecule has 0 saturated carbocycles. The molecule has 1 N–H and O–H groups in total. The fourth-order valence-electron chi connectivity index (χ4n) is 2.14. The molecular formula is C16H12BrFN4OS. The van der Waals surface area contributed by atoms with E-state index < -0.39 is 5.82 Å². The van der Waals surface area contributed by atoms with Gasteiger partial charge in [-0.15, -0.1) is 0 Å². The first-order chi connectivity index (χ1) is 11.6. The Morgan fingerprint density at radius 3 is 2.88 bits per heavy atom. The van der Waals surface area contributed by atoms with Crippen LogP contribution in [-0.4, -0.2) is 28.2 Å². The number of halogens is 2. The molecule has 0 aliphatic carbocycles. The first-order valence-electron chi connectivity index (χ1n) is 6.90. The average Bonchev–Trinajstić information content (AvgIpc) is 2.94. The first-order valence-corrected chi connectivity index (χ1v) is 8.10. The lowest BCUT2D eigenvalue weighted by Crippen LogP contribution is -1.98. The van der Waals surface area contributed by atoms with Gasteiger partial charge in [0.05, 0.1) is 18.9 Å². The molecule has 0 radical (unpaired) electrons. The molecule has 0 bridgehead atoms. The zero-order chi connectivity index (χ0) is 17.1. The molecule has 0 unspecified atom stereocenters. The number of H-pyrrole nitrogens is 1. The van der Waals surface area contributed by atoms with Gasteiger partial charge in [-0.2, -0.15) is 14.9 Å². The van der Waals surface area contributed by atoms with Crippen LogP contribution in [0.1, 0.15) is 5.56 Å². The largest absolute Gasteiger partial charge is 0.496 e. The number of aromatic nitrogens is 3.